The van der Waals surface area contributed by atoms with Crippen molar-refractivity contribution < 1.29 is 4.79 Å². The number of nitrogens with two attached hydrogens (primary N) is 1. The fourth-order valence-corrected chi connectivity index (χ4v) is 4.11. The number of hydrogen-bond donors (Lipinski definition) is 1. The normalized spacial score (nSPS) is 17.8. The summed E-state index contributed by atoms with van der Waals surface area (Å²) in [6, 6.07) is 1.96. The number of fused-ring (bicyclic) bond motifs is 1. The number of thiophene rings is 1. The first-order valence-electron chi connectivity index (χ1n) is 7.43. The number of amides is 1. The number of carbonyl (C=O) groups excluding carboxylic acids is 1. The summed E-state index contributed by atoms with van der Waals surface area (Å²) in [4.78, 5) is 16.4. The van der Waals surface area contributed by atoms with Gasteiger partial charge >= 0.3 is 0 Å². The van der Waals surface area contributed by atoms with E-state index in [-0.39, 0.29) is 5.91 Å². The van der Waals surface area contributed by atoms with Gasteiger partial charge in [-0.1, -0.05) is 32.1 Å². The lowest BCUT2D eigenvalue weighted by Crippen LogP contribution is -2.08. The molecule has 2 heterocycles. The number of aromatic nitrogens is 1. The summed E-state index contributed by atoms with van der Waals surface area (Å²) >= 11 is 1.46. The predicted octanol–water partition coefficient (Wildman–Crippen LogP) is 4.22. The van der Waals surface area contributed by atoms with E-state index in [9.17, 15) is 4.79 Å². The molecule has 1 amide bonds. The highest BCUT2D eigenvalue weighted by molar-refractivity contribution is 7.20. The number of rotatable bonds is 2. The second-order valence-electron chi connectivity index (χ2n) is 5.66. The first-order chi connectivity index (χ1) is 9.75. The minimum atomic E-state index is -0.338. The van der Waals surface area contributed by atoms with E-state index < -0.39 is 0 Å². The Kier molecular flexibility index (Phi) is 4.01. The summed E-state index contributed by atoms with van der Waals surface area (Å²) in [6.45, 7) is 0. The van der Waals surface area contributed by atoms with E-state index in [1.807, 2.05) is 18.5 Å². The number of pyridine rings is 1. The van der Waals surface area contributed by atoms with E-state index in [4.69, 9.17) is 5.73 Å². The van der Waals surface area contributed by atoms with Crippen LogP contribution in [0.15, 0.2) is 18.5 Å². The quantitative estimate of drug-likeness (QED) is 0.899. The Hall–Kier alpha value is -1.42. The molecule has 0 aromatic carbocycles. The van der Waals surface area contributed by atoms with Gasteiger partial charge in [-0.3, -0.25) is 9.78 Å². The third-order valence-electron chi connectivity index (χ3n) is 4.27. The molecule has 0 bridgehead atoms. The average molecular weight is 288 g/mol. The molecule has 0 spiro atoms. The van der Waals surface area contributed by atoms with Crippen LogP contribution in [0.3, 0.4) is 0 Å². The maximum Gasteiger partial charge on any atom is 0.258 e. The van der Waals surface area contributed by atoms with Gasteiger partial charge in [0.05, 0.1) is 9.58 Å². The number of hydrogen-bond acceptors (Lipinski definition) is 3. The maximum absolute atomic E-state index is 11.4. The van der Waals surface area contributed by atoms with Crippen molar-refractivity contribution >= 4 is 27.3 Å². The van der Waals surface area contributed by atoms with Gasteiger partial charge in [-0.05, 0) is 35.8 Å². The van der Waals surface area contributed by atoms with E-state index >= 15 is 0 Å². The maximum atomic E-state index is 11.4. The predicted molar refractivity (Wildman–Crippen MR) is 83.2 cm³/mol. The van der Waals surface area contributed by atoms with E-state index in [0.717, 1.165) is 4.70 Å². The zero-order valence-electron chi connectivity index (χ0n) is 11.6. The van der Waals surface area contributed by atoms with Gasteiger partial charge in [0.15, 0.2) is 0 Å². The molecule has 1 aliphatic carbocycles. The summed E-state index contributed by atoms with van der Waals surface area (Å²) in [5.41, 5.74) is 6.72. The van der Waals surface area contributed by atoms with E-state index in [1.165, 1.54) is 67.2 Å². The van der Waals surface area contributed by atoms with Crippen LogP contribution in [0.2, 0.25) is 0 Å². The molecule has 1 aliphatic rings. The zero-order valence-corrected chi connectivity index (χ0v) is 12.4. The highest BCUT2D eigenvalue weighted by Gasteiger charge is 2.18. The minimum absolute atomic E-state index is 0.338. The van der Waals surface area contributed by atoms with Crippen molar-refractivity contribution in [3.05, 3.63) is 28.9 Å². The smallest absolute Gasteiger partial charge is 0.258 e. The molecule has 3 rings (SSSR count). The number of primary amides is 1. The van der Waals surface area contributed by atoms with Crippen LogP contribution in [0, 0.1) is 0 Å². The monoisotopic (exact) mass is 288 g/mol. The molecule has 1 saturated carbocycles. The van der Waals surface area contributed by atoms with Crippen LogP contribution in [-0.2, 0) is 0 Å². The molecule has 3 nitrogen and oxygen atoms in total. The lowest BCUT2D eigenvalue weighted by molar-refractivity contribution is 0.100. The van der Waals surface area contributed by atoms with Gasteiger partial charge in [0.1, 0.15) is 0 Å². The number of carbonyl (C=O) groups is 1. The Morgan fingerprint density at radius 1 is 1.15 bits per heavy atom. The Balaban J connectivity index is 1.98. The van der Waals surface area contributed by atoms with Crippen LogP contribution in [0.4, 0.5) is 0 Å². The van der Waals surface area contributed by atoms with Crippen molar-refractivity contribution in [2.45, 2.75) is 50.9 Å². The molecule has 2 N–H and O–H groups in total. The highest BCUT2D eigenvalue weighted by atomic mass is 32.1. The molecule has 2 aromatic heterocycles. The third kappa shape index (κ3) is 2.70. The van der Waals surface area contributed by atoms with Crippen LogP contribution in [-0.4, -0.2) is 10.9 Å². The lowest BCUT2D eigenvalue weighted by Gasteiger charge is -2.20. The Morgan fingerprint density at radius 3 is 2.55 bits per heavy atom. The first kappa shape index (κ1) is 13.6. The Morgan fingerprint density at radius 2 is 1.85 bits per heavy atom. The standard InChI is InChI=1S/C16H20N2OS/c17-16(19)14-8-12-13(9-18-10-15(12)20-14)11-6-4-2-1-3-5-7-11/h8-11H,1-7H2,(H2,17,19). The van der Waals surface area contributed by atoms with Crippen LogP contribution >= 0.6 is 11.3 Å². The minimum Gasteiger partial charge on any atom is -0.365 e. The van der Waals surface area contributed by atoms with Crippen molar-refractivity contribution in [3.63, 3.8) is 0 Å². The first-order valence-corrected chi connectivity index (χ1v) is 8.24. The SMILES string of the molecule is NC(=O)c1cc2c(C3CCCCCCC3)cncc2s1. The molecule has 0 aliphatic heterocycles. The molecule has 1 fully saturated rings. The van der Waals surface area contributed by atoms with Crippen molar-refractivity contribution in [1.82, 2.24) is 4.98 Å². The summed E-state index contributed by atoms with van der Waals surface area (Å²) < 4.78 is 1.08. The van der Waals surface area contributed by atoms with Crippen LogP contribution in [0.5, 0.6) is 0 Å². The molecule has 4 heteroatoms. The van der Waals surface area contributed by atoms with Gasteiger partial charge in [-0.2, -0.15) is 0 Å². The molecule has 2 aromatic rings. The molecule has 0 unspecified atom stereocenters. The van der Waals surface area contributed by atoms with E-state index in [0.29, 0.717) is 10.8 Å². The van der Waals surface area contributed by atoms with Crippen molar-refractivity contribution in [3.8, 4) is 0 Å². The van der Waals surface area contributed by atoms with Gasteiger partial charge in [0.2, 0.25) is 0 Å². The molecule has 20 heavy (non-hydrogen) atoms. The molecular formula is C16H20N2OS. The van der Waals surface area contributed by atoms with Crippen molar-refractivity contribution in [2.75, 3.05) is 0 Å². The Bertz CT molecular complexity index is 612. The topological polar surface area (TPSA) is 56.0 Å². The van der Waals surface area contributed by atoms with Crippen LogP contribution in [0.1, 0.15) is 66.1 Å². The van der Waals surface area contributed by atoms with Gasteiger partial charge in [0.25, 0.3) is 5.91 Å². The average Bonchev–Trinajstić information content (AvgIpc) is 2.82. The fraction of sp³-hybridized carbons (Fsp3) is 0.500. The molecule has 0 radical (unpaired) electrons. The van der Waals surface area contributed by atoms with Gasteiger partial charge in [-0.25, -0.2) is 0 Å². The second kappa shape index (κ2) is 5.92. The Labute approximate surface area is 123 Å². The molecule has 106 valence electrons. The summed E-state index contributed by atoms with van der Waals surface area (Å²) in [5.74, 6) is 0.247. The van der Waals surface area contributed by atoms with Crippen molar-refractivity contribution in [1.29, 1.82) is 0 Å². The van der Waals surface area contributed by atoms with Gasteiger partial charge in [-0.15, -0.1) is 11.3 Å². The zero-order chi connectivity index (χ0) is 13.9. The largest absolute Gasteiger partial charge is 0.365 e. The summed E-state index contributed by atoms with van der Waals surface area (Å²) in [6.07, 6.45) is 13.0. The lowest BCUT2D eigenvalue weighted by atomic mass is 9.85. The fourth-order valence-electron chi connectivity index (χ4n) is 3.20. The molecule has 0 atom stereocenters. The third-order valence-corrected chi connectivity index (χ3v) is 5.35. The summed E-state index contributed by atoms with van der Waals surface area (Å²) in [7, 11) is 0. The molecule has 0 saturated heterocycles. The van der Waals surface area contributed by atoms with Crippen molar-refractivity contribution in [2.24, 2.45) is 5.73 Å². The summed E-state index contributed by atoms with van der Waals surface area (Å²) in [5, 5.41) is 1.18. The van der Waals surface area contributed by atoms with Gasteiger partial charge in [0, 0.05) is 12.4 Å². The number of nitrogens with zero attached hydrogens (tertiary/aromatic N) is 1. The highest BCUT2D eigenvalue weighted by Crippen LogP contribution is 2.37. The van der Waals surface area contributed by atoms with Gasteiger partial charge < -0.3 is 5.73 Å². The van der Waals surface area contributed by atoms with E-state index in [1.54, 1.807) is 0 Å². The molecular weight excluding hydrogens is 268 g/mol. The van der Waals surface area contributed by atoms with Crippen LogP contribution in [0.25, 0.3) is 10.1 Å². The second-order valence-corrected chi connectivity index (χ2v) is 6.74. The van der Waals surface area contributed by atoms with Crippen LogP contribution < -0.4 is 5.73 Å². The van der Waals surface area contributed by atoms with E-state index in [2.05, 4.69) is 4.98 Å².